The molecule has 0 spiro atoms. The summed E-state index contributed by atoms with van der Waals surface area (Å²) < 4.78 is 5.67. The molecule has 1 aromatic carbocycles. The van der Waals surface area contributed by atoms with E-state index >= 15 is 0 Å². The van der Waals surface area contributed by atoms with Gasteiger partial charge in [0.05, 0.1) is 0 Å². The maximum atomic E-state index is 12.9. The standard InChI is InChI=1S/C23H32N2O4/c1-23(2,3)29-22(28)25(16-18-11-13-24(14-12-18)21(26)27)20-15-19(20)10-9-17-7-5-4-6-8-17/h4-10,18-20H,11-16H2,1-3H3,(H,26,27)/b10-9-. The molecule has 2 unspecified atom stereocenters. The number of carbonyl (C=O) groups excluding carboxylic acids is 1. The first-order valence-corrected chi connectivity index (χ1v) is 10.4. The van der Waals surface area contributed by atoms with Crippen LogP contribution in [0.25, 0.3) is 6.08 Å². The summed E-state index contributed by atoms with van der Waals surface area (Å²) in [7, 11) is 0. The Morgan fingerprint density at radius 2 is 1.86 bits per heavy atom. The number of piperidine rings is 1. The van der Waals surface area contributed by atoms with E-state index in [1.807, 2.05) is 43.9 Å². The van der Waals surface area contributed by atoms with E-state index in [2.05, 4.69) is 24.3 Å². The molecule has 158 valence electrons. The minimum Gasteiger partial charge on any atom is -0.465 e. The predicted molar refractivity (Wildman–Crippen MR) is 113 cm³/mol. The van der Waals surface area contributed by atoms with Gasteiger partial charge in [-0.25, -0.2) is 9.59 Å². The highest BCUT2D eigenvalue weighted by Gasteiger charge is 2.44. The molecule has 29 heavy (non-hydrogen) atoms. The van der Waals surface area contributed by atoms with Gasteiger partial charge in [-0.05, 0) is 57.4 Å². The number of carboxylic acid groups (broad SMARTS) is 1. The molecule has 2 fully saturated rings. The van der Waals surface area contributed by atoms with Crippen LogP contribution in [-0.2, 0) is 4.74 Å². The maximum Gasteiger partial charge on any atom is 0.410 e. The largest absolute Gasteiger partial charge is 0.465 e. The van der Waals surface area contributed by atoms with Crippen LogP contribution in [0.15, 0.2) is 36.4 Å². The highest BCUT2D eigenvalue weighted by atomic mass is 16.6. The Kier molecular flexibility index (Phi) is 6.50. The van der Waals surface area contributed by atoms with E-state index < -0.39 is 11.7 Å². The zero-order valence-electron chi connectivity index (χ0n) is 17.6. The SMILES string of the molecule is CC(C)(C)OC(=O)N(CC1CCN(C(=O)O)CC1)C1CC1/C=C\c1ccccc1. The maximum absolute atomic E-state index is 12.9. The smallest absolute Gasteiger partial charge is 0.410 e. The summed E-state index contributed by atoms with van der Waals surface area (Å²) in [6.45, 7) is 7.34. The molecule has 2 amide bonds. The van der Waals surface area contributed by atoms with Crippen LogP contribution in [0, 0.1) is 11.8 Å². The number of amides is 2. The highest BCUT2D eigenvalue weighted by molar-refractivity contribution is 5.69. The molecule has 1 N–H and O–H groups in total. The molecule has 6 heteroatoms. The Labute approximate surface area is 173 Å². The quantitative estimate of drug-likeness (QED) is 0.777. The first-order chi connectivity index (χ1) is 13.7. The third-order valence-corrected chi connectivity index (χ3v) is 5.51. The van der Waals surface area contributed by atoms with Crippen molar-refractivity contribution in [2.75, 3.05) is 19.6 Å². The second-order valence-corrected chi connectivity index (χ2v) is 9.08. The van der Waals surface area contributed by atoms with Crippen LogP contribution in [0.1, 0.15) is 45.6 Å². The Bertz CT molecular complexity index is 733. The van der Waals surface area contributed by atoms with Gasteiger partial charge in [0.2, 0.25) is 0 Å². The zero-order valence-corrected chi connectivity index (χ0v) is 17.6. The molecule has 6 nitrogen and oxygen atoms in total. The van der Waals surface area contributed by atoms with Gasteiger partial charge < -0.3 is 19.6 Å². The number of benzene rings is 1. The third kappa shape index (κ3) is 6.24. The van der Waals surface area contributed by atoms with Gasteiger partial charge in [0.25, 0.3) is 0 Å². The van der Waals surface area contributed by atoms with Crippen molar-refractivity contribution in [3.8, 4) is 0 Å². The van der Waals surface area contributed by atoms with Crippen molar-refractivity contribution in [2.45, 2.75) is 51.7 Å². The van der Waals surface area contributed by atoms with Crippen molar-refractivity contribution in [3.63, 3.8) is 0 Å². The number of hydrogen-bond donors (Lipinski definition) is 1. The van der Waals surface area contributed by atoms with E-state index in [1.165, 1.54) is 4.90 Å². The second-order valence-electron chi connectivity index (χ2n) is 9.08. The molecule has 0 aromatic heterocycles. The van der Waals surface area contributed by atoms with E-state index in [4.69, 9.17) is 9.84 Å². The molecule has 0 radical (unpaired) electrons. The molecule has 1 saturated carbocycles. The minimum absolute atomic E-state index is 0.155. The van der Waals surface area contributed by atoms with Crippen molar-refractivity contribution < 1.29 is 19.4 Å². The Balaban J connectivity index is 1.62. The van der Waals surface area contributed by atoms with Gasteiger partial charge in [-0.3, -0.25) is 0 Å². The number of nitrogens with zero attached hydrogens (tertiary/aromatic N) is 2. The van der Waals surface area contributed by atoms with Crippen molar-refractivity contribution >= 4 is 18.3 Å². The first kappa shape index (κ1) is 21.2. The number of hydrogen-bond acceptors (Lipinski definition) is 3. The zero-order chi connectivity index (χ0) is 21.0. The average Bonchev–Trinajstić information content (AvgIpc) is 3.43. The lowest BCUT2D eigenvalue weighted by Gasteiger charge is -2.34. The predicted octanol–water partition coefficient (Wildman–Crippen LogP) is 4.72. The Morgan fingerprint density at radius 1 is 1.21 bits per heavy atom. The van der Waals surface area contributed by atoms with Crippen molar-refractivity contribution in [2.24, 2.45) is 11.8 Å². The van der Waals surface area contributed by atoms with E-state index in [0.717, 1.165) is 24.8 Å². The van der Waals surface area contributed by atoms with Crippen LogP contribution in [0.3, 0.4) is 0 Å². The van der Waals surface area contributed by atoms with Crippen molar-refractivity contribution in [3.05, 3.63) is 42.0 Å². The topological polar surface area (TPSA) is 70.1 Å². The molecule has 1 heterocycles. The number of rotatable bonds is 5. The molecule has 2 atom stereocenters. The van der Waals surface area contributed by atoms with E-state index in [9.17, 15) is 9.59 Å². The lowest BCUT2D eigenvalue weighted by molar-refractivity contribution is 0.0169. The summed E-state index contributed by atoms with van der Waals surface area (Å²) in [5.74, 6) is 0.638. The second kappa shape index (κ2) is 8.89. The van der Waals surface area contributed by atoms with Crippen LogP contribution in [-0.4, -0.2) is 58.4 Å². The summed E-state index contributed by atoms with van der Waals surface area (Å²) in [4.78, 5) is 27.3. The van der Waals surface area contributed by atoms with Gasteiger partial charge >= 0.3 is 12.2 Å². The highest BCUT2D eigenvalue weighted by Crippen LogP contribution is 2.39. The van der Waals surface area contributed by atoms with Crippen molar-refractivity contribution in [1.29, 1.82) is 0 Å². The molecule has 2 aliphatic rings. The van der Waals surface area contributed by atoms with Gasteiger partial charge in [0.15, 0.2) is 0 Å². The van der Waals surface area contributed by atoms with E-state index in [0.29, 0.717) is 31.5 Å². The fourth-order valence-electron chi connectivity index (χ4n) is 3.82. The van der Waals surface area contributed by atoms with E-state index in [-0.39, 0.29) is 12.1 Å². The molecule has 1 aliphatic carbocycles. The molecule has 1 aliphatic heterocycles. The lowest BCUT2D eigenvalue weighted by atomic mass is 9.96. The van der Waals surface area contributed by atoms with Gasteiger partial charge in [-0.15, -0.1) is 0 Å². The Morgan fingerprint density at radius 3 is 2.45 bits per heavy atom. The average molecular weight is 401 g/mol. The summed E-state index contributed by atoms with van der Waals surface area (Å²) in [6, 6.07) is 10.3. The van der Waals surface area contributed by atoms with Crippen LogP contribution in [0.2, 0.25) is 0 Å². The van der Waals surface area contributed by atoms with Gasteiger partial charge in [-0.2, -0.15) is 0 Å². The van der Waals surface area contributed by atoms with Gasteiger partial charge in [-0.1, -0.05) is 42.5 Å². The van der Waals surface area contributed by atoms with Crippen LogP contribution in [0.4, 0.5) is 9.59 Å². The normalized spacial score (nSPS) is 22.5. The fraction of sp³-hybridized carbons (Fsp3) is 0.565. The molecule has 1 saturated heterocycles. The lowest BCUT2D eigenvalue weighted by Crippen LogP contribution is -2.45. The number of likely N-dealkylation sites (tertiary alicyclic amines) is 1. The first-order valence-electron chi connectivity index (χ1n) is 10.4. The van der Waals surface area contributed by atoms with Crippen molar-refractivity contribution in [1.82, 2.24) is 9.80 Å². The Hall–Kier alpha value is -2.50. The van der Waals surface area contributed by atoms with Crippen LogP contribution < -0.4 is 0 Å². The number of ether oxygens (including phenoxy) is 1. The fourth-order valence-corrected chi connectivity index (χ4v) is 3.82. The molecule has 0 bridgehead atoms. The summed E-state index contributed by atoms with van der Waals surface area (Å²) in [6.07, 6.45) is 5.68. The van der Waals surface area contributed by atoms with Crippen LogP contribution in [0.5, 0.6) is 0 Å². The summed E-state index contributed by atoms with van der Waals surface area (Å²) in [5.41, 5.74) is 0.620. The minimum atomic E-state index is -0.860. The van der Waals surface area contributed by atoms with Gasteiger partial charge in [0, 0.05) is 25.7 Å². The summed E-state index contributed by atoms with van der Waals surface area (Å²) in [5, 5.41) is 9.14. The summed E-state index contributed by atoms with van der Waals surface area (Å²) >= 11 is 0. The molecule has 1 aromatic rings. The molecular formula is C23H32N2O4. The van der Waals surface area contributed by atoms with E-state index in [1.54, 1.807) is 0 Å². The van der Waals surface area contributed by atoms with Crippen LogP contribution >= 0.6 is 0 Å². The number of carbonyl (C=O) groups is 2. The third-order valence-electron chi connectivity index (χ3n) is 5.51. The monoisotopic (exact) mass is 400 g/mol. The molecular weight excluding hydrogens is 368 g/mol. The van der Waals surface area contributed by atoms with Gasteiger partial charge in [0.1, 0.15) is 5.60 Å². The molecule has 3 rings (SSSR count).